The first kappa shape index (κ1) is 9.34. The van der Waals surface area contributed by atoms with Crippen LogP contribution < -0.4 is 0 Å². The van der Waals surface area contributed by atoms with E-state index in [2.05, 4.69) is 13.8 Å². The second kappa shape index (κ2) is 4.32. The molecule has 0 aromatic heterocycles. The van der Waals surface area contributed by atoms with Crippen molar-refractivity contribution in [2.24, 2.45) is 11.8 Å². The maximum absolute atomic E-state index is 6.01. The second-order valence-corrected chi connectivity index (χ2v) is 3.74. The molecule has 0 spiro atoms. The van der Waals surface area contributed by atoms with Crippen molar-refractivity contribution in [3.63, 3.8) is 0 Å². The molecule has 2 heteroatoms. The Morgan fingerprint density at radius 3 is 2.73 bits per heavy atom. The summed E-state index contributed by atoms with van der Waals surface area (Å²) >= 11 is 6.01. The molecule has 0 radical (unpaired) electrons. The van der Waals surface area contributed by atoms with Gasteiger partial charge in [0.25, 0.3) is 0 Å². The predicted octanol–water partition coefficient (Wildman–Crippen LogP) is 3.02. The van der Waals surface area contributed by atoms with Gasteiger partial charge in [-0.25, -0.2) is 0 Å². The van der Waals surface area contributed by atoms with E-state index in [-0.39, 0.29) is 5.56 Å². The van der Waals surface area contributed by atoms with E-state index < -0.39 is 0 Å². The van der Waals surface area contributed by atoms with Gasteiger partial charge in [-0.05, 0) is 12.3 Å². The van der Waals surface area contributed by atoms with E-state index in [1.54, 1.807) is 0 Å². The molecule has 66 valence electrons. The Labute approximate surface area is 74.1 Å². The number of rotatable bonds is 3. The predicted molar refractivity (Wildman–Crippen MR) is 47.8 cm³/mol. The fourth-order valence-corrected chi connectivity index (χ4v) is 2.20. The summed E-state index contributed by atoms with van der Waals surface area (Å²) in [6, 6.07) is 0. The molecule has 3 atom stereocenters. The molecule has 1 nitrogen and oxygen atoms in total. The van der Waals surface area contributed by atoms with Crippen LogP contribution >= 0.6 is 11.6 Å². The van der Waals surface area contributed by atoms with Crippen molar-refractivity contribution in [1.82, 2.24) is 0 Å². The van der Waals surface area contributed by atoms with Crippen LogP contribution in [0, 0.1) is 11.8 Å². The Morgan fingerprint density at radius 2 is 2.18 bits per heavy atom. The number of hydrogen-bond donors (Lipinski definition) is 0. The van der Waals surface area contributed by atoms with Crippen LogP contribution in [0.1, 0.15) is 33.1 Å². The monoisotopic (exact) mass is 176 g/mol. The first-order valence-corrected chi connectivity index (χ1v) is 4.98. The molecule has 1 saturated heterocycles. The summed E-state index contributed by atoms with van der Waals surface area (Å²) in [5.74, 6) is 1.31. The van der Waals surface area contributed by atoms with Crippen LogP contribution in [-0.4, -0.2) is 12.2 Å². The smallest absolute Gasteiger partial charge is 0.134 e. The number of alkyl halides is 1. The van der Waals surface area contributed by atoms with Gasteiger partial charge in [-0.1, -0.05) is 38.3 Å². The van der Waals surface area contributed by atoms with Gasteiger partial charge in [0.2, 0.25) is 0 Å². The first-order valence-electron chi connectivity index (χ1n) is 4.55. The molecule has 0 bridgehead atoms. The summed E-state index contributed by atoms with van der Waals surface area (Å²) in [6.07, 6.45) is 3.63. The molecule has 11 heavy (non-hydrogen) atoms. The molecule has 0 amide bonds. The molecule has 0 aliphatic carbocycles. The van der Waals surface area contributed by atoms with Crippen molar-refractivity contribution in [1.29, 1.82) is 0 Å². The van der Waals surface area contributed by atoms with Crippen LogP contribution in [0.25, 0.3) is 0 Å². The molecule has 1 heterocycles. The van der Waals surface area contributed by atoms with Gasteiger partial charge in [-0.15, -0.1) is 0 Å². The highest BCUT2D eigenvalue weighted by Crippen LogP contribution is 2.34. The third-order valence-electron chi connectivity index (χ3n) is 2.56. The van der Waals surface area contributed by atoms with Gasteiger partial charge in [-0.3, -0.25) is 0 Å². The zero-order chi connectivity index (χ0) is 8.27. The number of halogens is 1. The molecule has 0 aromatic rings. The summed E-state index contributed by atoms with van der Waals surface area (Å²) in [5.41, 5.74) is -0.0140. The van der Waals surface area contributed by atoms with E-state index >= 15 is 0 Å². The van der Waals surface area contributed by atoms with Gasteiger partial charge in [0, 0.05) is 5.92 Å². The van der Waals surface area contributed by atoms with Crippen molar-refractivity contribution in [3.8, 4) is 0 Å². The van der Waals surface area contributed by atoms with Gasteiger partial charge in [0.05, 0.1) is 6.61 Å². The molecule has 0 saturated carbocycles. The Hall–Kier alpha value is 0.250. The fraction of sp³-hybridized carbons (Fsp3) is 1.00. The van der Waals surface area contributed by atoms with Gasteiger partial charge in [-0.2, -0.15) is 0 Å². The Bertz CT molecular complexity index is 116. The van der Waals surface area contributed by atoms with Crippen molar-refractivity contribution < 1.29 is 4.74 Å². The fourth-order valence-electron chi connectivity index (χ4n) is 1.80. The molecule has 1 rings (SSSR count). The molecular formula is C9H17ClO. The lowest BCUT2D eigenvalue weighted by atomic mass is 9.90. The van der Waals surface area contributed by atoms with Crippen molar-refractivity contribution in [3.05, 3.63) is 0 Å². The summed E-state index contributed by atoms with van der Waals surface area (Å²) in [4.78, 5) is 0. The SMILES string of the molecule is CCCC1C(CC)COC1Cl. The van der Waals surface area contributed by atoms with E-state index in [4.69, 9.17) is 16.3 Å². The minimum Gasteiger partial charge on any atom is -0.362 e. The van der Waals surface area contributed by atoms with E-state index in [0.29, 0.717) is 11.8 Å². The summed E-state index contributed by atoms with van der Waals surface area (Å²) in [5, 5.41) is 0. The standard InChI is InChI=1S/C9H17ClO/c1-3-5-8-7(4-2)6-11-9(8)10/h7-9H,3-6H2,1-2H3. The molecule has 3 unspecified atom stereocenters. The molecule has 1 aliphatic rings. The Balaban J connectivity index is 2.42. The van der Waals surface area contributed by atoms with Crippen LogP contribution in [-0.2, 0) is 4.74 Å². The molecule has 1 fully saturated rings. The highest BCUT2D eigenvalue weighted by atomic mass is 35.5. The highest BCUT2D eigenvalue weighted by Gasteiger charge is 2.33. The highest BCUT2D eigenvalue weighted by molar-refractivity contribution is 6.20. The average molecular weight is 177 g/mol. The van der Waals surface area contributed by atoms with Crippen LogP contribution in [0.4, 0.5) is 0 Å². The Kier molecular flexibility index (Phi) is 3.67. The number of hydrogen-bond acceptors (Lipinski definition) is 1. The van der Waals surface area contributed by atoms with Crippen molar-refractivity contribution >= 4 is 11.6 Å². The molecule has 0 N–H and O–H groups in total. The van der Waals surface area contributed by atoms with Crippen molar-refractivity contribution in [2.75, 3.05) is 6.61 Å². The zero-order valence-corrected chi connectivity index (χ0v) is 8.10. The topological polar surface area (TPSA) is 9.23 Å². The maximum Gasteiger partial charge on any atom is 0.134 e. The Morgan fingerprint density at radius 1 is 1.45 bits per heavy atom. The maximum atomic E-state index is 6.01. The van der Waals surface area contributed by atoms with E-state index in [1.165, 1.54) is 19.3 Å². The van der Waals surface area contributed by atoms with Gasteiger partial charge < -0.3 is 4.74 Å². The van der Waals surface area contributed by atoms with Gasteiger partial charge in [0.1, 0.15) is 5.56 Å². The molecular weight excluding hydrogens is 160 g/mol. The number of ether oxygens (including phenoxy) is 1. The second-order valence-electron chi connectivity index (χ2n) is 3.31. The third kappa shape index (κ3) is 2.09. The summed E-state index contributed by atoms with van der Waals surface area (Å²) in [6.45, 7) is 5.29. The summed E-state index contributed by atoms with van der Waals surface area (Å²) < 4.78 is 5.39. The zero-order valence-electron chi connectivity index (χ0n) is 7.35. The largest absolute Gasteiger partial charge is 0.362 e. The van der Waals surface area contributed by atoms with Gasteiger partial charge >= 0.3 is 0 Å². The van der Waals surface area contributed by atoms with Crippen LogP contribution in [0.15, 0.2) is 0 Å². The quantitative estimate of drug-likeness (QED) is 0.601. The first-order chi connectivity index (χ1) is 5.29. The average Bonchev–Trinajstić information content (AvgIpc) is 2.34. The van der Waals surface area contributed by atoms with Gasteiger partial charge in [0.15, 0.2) is 0 Å². The lowest BCUT2D eigenvalue weighted by Crippen LogP contribution is -2.15. The third-order valence-corrected chi connectivity index (χ3v) is 3.01. The van der Waals surface area contributed by atoms with Crippen LogP contribution in [0.3, 0.4) is 0 Å². The van der Waals surface area contributed by atoms with E-state index in [0.717, 1.165) is 6.61 Å². The van der Waals surface area contributed by atoms with E-state index in [1.807, 2.05) is 0 Å². The normalized spacial score (nSPS) is 37.9. The minimum atomic E-state index is -0.0140. The lowest BCUT2D eigenvalue weighted by molar-refractivity contribution is 0.148. The molecule has 0 aromatic carbocycles. The lowest BCUT2D eigenvalue weighted by Gasteiger charge is -2.16. The summed E-state index contributed by atoms with van der Waals surface area (Å²) in [7, 11) is 0. The van der Waals surface area contributed by atoms with Crippen LogP contribution in [0.2, 0.25) is 0 Å². The van der Waals surface area contributed by atoms with Crippen molar-refractivity contribution in [2.45, 2.75) is 38.7 Å². The minimum absolute atomic E-state index is 0.0140. The van der Waals surface area contributed by atoms with E-state index in [9.17, 15) is 0 Å². The van der Waals surface area contributed by atoms with Crippen LogP contribution in [0.5, 0.6) is 0 Å². The molecule has 1 aliphatic heterocycles.